The van der Waals surface area contributed by atoms with Gasteiger partial charge in [-0.05, 0) is 46.0 Å². The van der Waals surface area contributed by atoms with E-state index in [0.717, 1.165) is 5.56 Å². The summed E-state index contributed by atoms with van der Waals surface area (Å²) in [5.74, 6) is 0. The summed E-state index contributed by atoms with van der Waals surface area (Å²) in [4.78, 5) is 30.2. The van der Waals surface area contributed by atoms with Crippen LogP contribution in [0.5, 0.6) is 0 Å². The van der Waals surface area contributed by atoms with Crippen LogP contribution >= 0.6 is 7.60 Å². The predicted molar refractivity (Wildman–Crippen MR) is 98.9 cm³/mol. The van der Waals surface area contributed by atoms with Gasteiger partial charge >= 0.3 is 13.8 Å². The number of hydrogen-bond acceptors (Lipinski definition) is 4. The van der Waals surface area contributed by atoms with E-state index < -0.39 is 19.9 Å². The van der Waals surface area contributed by atoms with Crippen molar-refractivity contribution >= 4 is 31.2 Å². The molecule has 3 rings (SSSR count). The minimum Gasteiger partial charge on any atom is -0.430 e. The average molecular weight is 372 g/mol. The van der Waals surface area contributed by atoms with Crippen LogP contribution in [0, 0.1) is 0 Å². The smallest absolute Gasteiger partial charge is 0.430 e. The lowest BCUT2D eigenvalue weighted by molar-refractivity contribution is 0.118. The van der Waals surface area contributed by atoms with Gasteiger partial charge < -0.3 is 19.3 Å². The Morgan fingerprint density at radius 2 is 1.65 bits per heavy atom. The first-order chi connectivity index (χ1) is 12.3. The zero-order valence-corrected chi connectivity index (χ0v) is 14.7. The number of ether oxygens (including phenoxy) is 2. The van der Waals surface area contributed by atoms with Gasteiger partial charge in [-0.2, -0.15) is 0 Å². The average Bonchev–Trinajstić information content (AvgIpc) is 3.06. The van der Waals surface area contributed by atoms with Gasteiger partial charge in [0.25, 0.3) is 0 Å². The van der Waals surface area contributed by atoms with Crippen LogP contribution in [0.2, 0.25) is 0 Å². The van der Waals surface area contributed by atoms with Gasteiger partial charge in [0.05, 0.1) is 5.30 Å². The quantitative estimate of drug-likeness (QED) is 0.615. The SMILES string of the molecule is C=Cc1ccc(C2COC(=O)O2)cc1-c1cc(P(=O)(O)O)ccc1C=C. The maximum absolute atomic E-state index is 11.7. The fourth-order valence-electron chi connectivity index (χ4n) is 2.81. The monoisotopic (exact) mass is 372 g/mol. The summed E-state index contributed by atoms with van der Waals surface area (Å²) in [6.07, 6.45) is 2.00. The molecule has 1 aliphatic heterocycles. The summed E-state index contributed by atoms with van der Waals surface area (Å²) in [7, 11) is -4.41. The van der Waals surface area contributed by atoms with Crippen molar-refractivity contribution in [3.05, 3.63) is 66.2 Å². The number of cyclic esters (lactones) is 2. The minimum absolute atomic E-state index is 0.0888. The third-order valence-corrected chi connectivity index (χ3v) is 5.09. The van der Waals surface area contributed by atoms with Crippen LogP contribution in [-0.4, -0.2) is 22.5 Å². The highest BCUT2D eigenvalue weighted by Crippen LogP contribution is 2.38. The van der Waals surface area contributed by atoms with Crippen LogP contribution in [-0.2, 0) is 14.0 Å². The summed E-state index contributed by atoms with van der Waals surface area (Å²) in [6.45, 7) is 7.67. The molecule has 2 N–H and O–H groups in total. The molecular weight excluding hydrogens is 355 g/mol. The highest BCUT2D eigenvalue weighted by atomic mass is 31.2. The Bertz CT molecular complexity index is 943. The van der Waals surface area contributed by atoms with Crippen molar-refractivity contribution < 1.29 is 28.6 Å². The molecule has 1 aliphatic rings. The van der Waals surface area contributed by atoms with Gasteiger partial charge in [0.2, 0.25) is 0 Å². The number of carbonyl (C=O) groups excluding carboxylic acids is 1. The molecule has 1 fully saturated rings. The van der Waals surface area contributed by atoms with Crippen molar-refractivity contribution in [1.82, 2.24) is 0 Å². The molecule has 0 aromatic heterocycles. The van der Waals surface area contributed by atoms with Gasteiger partial charge in [-0.25, -0.2) is 4.79 Å². The highest BCUT2D eigenvalue weighted by Gasteiger charge is 2.27. The number of benzene rings is 2. The molecule has 1 heterocycles. The van der Waals surface area contributed by atoms with Crippen molar-refractivity contribution in [3.63, 3.8) is 0 Å². The van der Waals surface area contributed by atoms with Crippen LogP contribution in [0.25, 0.3) is 23.3 Å². The van der Waals surface area contributed by atoms with E-state index in [1.165, 1.54) is 12.1 Å². The van der Waals surface area contributed by atoms with E-state index in [-0.39, 0.29) is 11.9 Å². The number of rotatable bonds is 5. The Hall–Kier alpha value is -2.66. The standard InChI is InChI=1S/C19H17O6P/c1-3-12-5-6-14(18-11-24-19(20)25-18)9-16(12)17-10-15(26(21,22)23)8-7-13(17)4-2/h3-10,18H,1-2,11H2,(H2,21,22,23). The third-order valence-electron chi connectivity index (χ3n) is 4.14. The lowest BCUT2D eigenvalue weighted by Crippen LogP contribution is -2.06. The molecule has 0 spiro atoms. The van der Waals surface area contributed by atoms with Crippen molar-refractivity contribution in [2.75, 3.05) is 6.61 Å². The Labute approximate surface area is 150 Å². The molecule has 1 saturated heterocycles. The molecule has 0 aliphatic carbocycles. The van der Waals surface area contributed by atoms with Gasteiger partial charge in [0.1, 0.15) is 6.61 Å². The number of hydrogen-bond donors (Lipinski definition) is 2. The van der Waals surface area contributed by atoms with Crippen LogP contribution in [0.3, 0.4) is 0 Å². The first-order valence-electron chi connectivity index (χ1n) is 7.76. The number of carbonyl (C=O) groups is 1. The van der Waals surface area contributed by atoms with E-state index >= 15 is 0 Å². The molecule has 0 amide bonds. The summed E-state index contributed by atoms with van der Waals surface area (Å²) >= 11 is 0. The molecule has 0 radical (unpaired) electrons. The van der Waals surface area contributed by atoms with Gasteiger partial charge in [-0.3, -0.25) is 4.57 Å². The second-order valence-corrected chi connectivity index (χ2v) is 7.34. The molecule has 1 atom stereocenters. The molecule has 7 heteroatoms. The normalized spacial score (nSPS) is 16.7. The largest absolute Gasteiger partial charge is 0.509 e. The predicted octanol–water partition coefficient (Wildman–Crippen LogP) is 3.65. The molecule has 2 aromatic rings. The van der Waals surface area contributed by atoms with Gasteiger partial charge in [0.15, 0.2) is 6.10 Å². The summed E-state index contributed by atoms with van der Waals surface area (Å²) in [6, 6.07) is 9.84. The van der Waals surface area contributed by atoms with Crippen molar-refractivity contribution in [3.8, 4) is 11.1 Å². The van der Waals surface area contributed by atoms with E-state index in [9.17, 15) is 19.1 Å². The zero-order chi connectivity index (χ0) is 18.9. The minimum atomic E-state index is -4.41. The third kappa shape index (κ3) is 3.48. The lowest BCUT2D eigenvalue weighted by atomic mass is 9.92. The van der Waals surface area contributed by atoms with Crippen molar-refractivity contribution in [2.24, 2.45) is 0 Å². The first-order valence-corrected chi connectivity index (χ1v) is 9.37. The van der Waals surface area contributed by atoms with Crippen LogP contribution < -0.4 is 5.30 Å². The van der Waals surface area contributed by atoms with E-state index in [4.69, 9.17) is 9.47 Å². The molecule has 6 nitrogen and oxygen atoms in total. The fraction of sp³-hybridized carbons (Fsp3) is 0.105. The second kappa shape index (κ2) is 6.92. The van der Waals surface area contributed by atoms with Crippen LogP contribution in [0.1, 0.15) is 22.8 Å². The first kappa shape index (κ1) is 18.1. The summed E-state index contributed by atoms with van der Waals surface area (Å²) in [5.41, 5.74) is 3.49. The second-order valence-electron chi connectivity index (χ2n) is 5.74. The van der Waals surface area contributed by atoms with Crippen molar-refractivity contribution in [2.45, 2.75) is 6.10 Å². The summed E-state index contributed by atoms with van der Waals surface area (Å²) in [5, 5.41) is -0.0888. The van der Waals surface area contributed by atoms with Gasteiger partial charge in [-0.1, -0.05) is 43.5 Å². The molecule has 1 unspecified atom stereocenters. The molecular formula is C19H17O6P. The van der Waals surface area contributed by atoms with Gasteiger partial charge in [0, 0.05) is 0 Å². The molecule has 134 valence electrons. The zero-order valence-electron chi connectivity index (χ0n) is 13.8. The Morgan fingerprint density at radius 1 is 1.04 bits per heavy atom. The Morgan fingerprint density at radius 3 is 2.19 bits per heavy atom. The van der Waals surface area contributed by atoms with E-state index in [1.54, 1.807) is 36.4 Å². The summed E-state index contributed by atoms with van der Waals surface area (Å²) < 4.78 is 21.6. The van der Waals surface area contributed by atoms with E-state index in [1.807, 2.05) is 0 Å². The topological polar surface area (TPSA) is 93.1 Å². The highest BCUT2D eigenvalue weighted by molar-refractivity contribution is 7.60. The maximum atomic E-state index is 11.7. The lowest BCUT2D eigenvalue weighted by Gasteiger charge is -2.15. The Balaban J connectivity index is 2.18. The maximum Gasteiger partial charge on any atom is 0.509 e. The molecule has 26 heavy (non-hydrogen) atoms. The van der Waals surface area contributed by atoms with Crippen LogP contribution in [0.4, 0.5) is 4.79 Å². The fourth-order valence-corrected chi connectivity index (χ4v) is 3.38. The molecule has 0 saturated carbocycles. The molecule has 0 bridgehead atoms. The van der Waals surface area contributed by atoms with E-state index in [2.05, 4.69) is 13.2 Å². The molecule has 2 aromatic carbocycles. The van der Waals surface area contributed by atoms with Crippen molar-refractivity contribution in [1.29, 1.82) is 0 Å². The van der Waals surface area contributed by atoms with E-state index in [0.29, 0.717) is 22.3 Å². The Kier molecular flexibility index (Phi) is 4.83. The van der Waals surface area contributed by atoms with Gasteiger partial charge in [-0.15, -0.1) is 0 Å². The van der Waals surface area contributed by atoms with Crippen LogP contribution in [0.15, 0.2) is 49.6 Å².